The number of hydrogen-bond acceptors (Lipinski definition) is 5. The van der Waals surface area contributed by atoms with Gasteiger partial charge in [-0.05, 0) is 36.4 Å². The van der Waals surface area contributed by atoms with E-state index in [1.807, 2.05) is 18.2 Å². The molecular weight excluding hydrogens is 348 g/mol. The smallest absolute Gasteiger partial charge is 0.143 e. The van der Waals surface area contributed by atoms with E-state index < -0.39 is 5.54 Å². The molecule has 1 unspecified atom stereocenters. The Hall–Kier alpha value is -2.05. The molecule has 22 heavy (non-hydrogen) atoms. The fourth-order valence-corrected chi connectivity index (χ4v) is 3.36. The molecule has 1 spiro atoms. The minimum atomic E-state index is -0.798. The second-order valence-corrected chi connectivity index (χ2v) is 6.29. The van der Waals surface area contributed by atoms with Crippen LogP contribution in [0.15, 0.2) is 45.9 Å². The highest BCUT2D eigenvalue weighted by molar-refractivity contribution is 9.10. The topological polar surface area (TPSA) is 77.1 Å². The zero-order valence-electron chi connectivity index (χ0n) is 11.5. The van der Waals surface area contributed by atoms with Gasteiger partial charge in [-0.1, -0.05) is 15.9 Å². The number of amidine groups is 1. The normalized spacial score (nSPS) is 22.5. The Morgan fingerprint density at radius 1 is 1.14 bits per heavy atom. The van der Waals surface area contributed by atoms with Gasteiger partial charge in [0.25, 0.3) is 0 Å². The van der Waals surface area contributed by atoms with Crippen LogP contribution < -0.4 is 10.5 Å². The molecule has 2 aromatic rings. The van der Waals surface area contributed by atoms with Crippen LogP contribution >= 0.6 is 15.9 Å². The average Bonchev–Trinajstić information content (AvgIpc) is 2.49. The van der Waals surface area contributed by atoms with Crippen molar-refractivity contribution in [2.45, 2.75) is 5.54 Å². The van der Waals surface area contributed by atoms with Gasteiger partial charge in [-0.15, -0.1) is 0 Å². The predicted octanol–water partition coefficient (Wildman–Crippen LogP) is 2.89. The van der Waals surface area contributed by atoms with Gasteiger partial charge in [-0.3, -0.25) is 4.99 Å². The van der Waals surface area contributed by atoms with Crippen molar-refractivity contribution < 1.29 is 14.6 Å². The number of aliphatic imine (C=N–C) groups is 1. The Labute approximate surface area is 135 Å². The van der Waals surface area contributed by atoms with Gasteiger partial charge in [0, 0.05) is 15.6 Å². The lowest BCUT2D eigenvalue weighted by atomic mass is 9.80. The minimum absolute atomic E-state index is 0.152. The van der Waals surface area contributed by atoms with Crippen molar-refractivity contribution in [1.82, 2.24) is 0 Å². The summed E-state index contributed by atoms with van der Waals surface area (Å²) in [4.78, 5) is 4.70. The molecule has 3 N–H and O–H groups in total. The number of phenolic OH excluding ortho intramolecular Hbond substituents is 1. The molecule has 0 amide bonds. The summed E-state index contributed by atoms with van der Waals surface area (Å²) in [6, 6.07) is 10.7. The molecule has 0 fully saturated rings. The van der Waals surface area contributed by atoms with E-state index in [-0.39, 0.29) is 5.75 Å². The van der Waals surface area contributed by atoms with Gasteiger partial charge in [-0.2, -0.15) is 0 Å². The summed E-state index contributed by atoms with van der Waals surface area (Å²) in [7, 11) is 0. The molecule has 0 saturated heterocycles. The first-order valence-corrected chi connectivity index (χ1v) is 7.61. The molecule has 0 radical (unpaired) electrons. The lowest BCUT2D eigenvalue weighted by Crippen LogP contribution is -2.42. The molecule has 0 aromatic heterocycles. The van der Waals surface area contributed by atoms with Gasteiger partial charge in [0.15, 0.2) is 0 Å². The summed E-state index contributed by atoms with van der Waals surface area (Å²) < 4.78 is 12.5. The van der Waals surface area contributed by atoms with Crippen LogP contribution in [0.25, 0.3) is 0 Å². The number of hydrogen-bond donors (Lipinski definition) is 2. The largest absolute Gasteiger partial charge is 0.508 e. The summed E-state index contributed by atoms with van der Waals surface area (Å²) in [6.45, 7) is 0.650. The molecule has 112 valence electrons. The van der Waals surface area contributed by atoms with Crippen LogP contribution in [0.3, 0.4) is 0 Å². The van der Waals surface area contributed by atoms with E-state index in [1.165, 1.54) is 0 Å². The van der Waals surface area contributed by atoms with Gasteiger partial charge in [0.1, 0.15) is 35.2 Å². The lowest BCUT2D eigenvalue weighted by molar-refractivity contribution is 0.109. The highest BCUT2D eigenvalue weighted by Gasteiger charge is 2.44. The number of nitrogens with zero attached hydrogens (tertiary/aromatic N) is 1. The Balaban J connectivity index is 2.05. The van der Waals surface area contributed by atoms with Crippen molar-refractivity contribution in [2.75, 3.05) is 13.2 Å². The summed E-state index contributed by atoms with van der Waals surface area (Å²) in [5.74, 6) is 1.94. The van der Waals surface area contributed by atoms with Gasteiger partial charge in [-0.25, -0.2) is 0 Å². The Bertz CT molecular complexity index is 752. The number of rotatable bonds is 0. The first-order valence-electron chi connectivity index (χ1n) is 6.82. The molecule has 6 heteroatoms. The number of nitrogens with two attached hydrogens (primary N) is 1. The third-order valence-corrected chi connectivity index (χ3v) is 4.40. The molecule has 2 aliphatic heterocycles. The number of aromatic hydroxyl groups is 1. The maximum Gasteiger partial charge on any atom is 0.143 e. The van der Waals surface area contributed by atoms with Crippen molar-refractivity contribution in [3.05, 3.63) is 52.0 Å². The van der Waals surface area contributed by atoms with Gasteiger partial charge >= 0.3 is 0 Å². The number of ether oxygens (including phenoxy) is 2. The van der Waals surface area contributed by atoms with Crippen LogP contribution in [-0.4, -0.2) is 24.2 Å². The third-order valence-electron chi connectivity index (χ3n) is 3.91. The van der Waals surface area contributed by atoms with E-state index >= 15 is 0 Å². The van der Waals surface area contributed by atoms with Gasteiger partial charge in [0.05, 0.1) is 6.61 Å². The summed E-state index contributed by atoms with van der Waals surface area (Å²) >= 11 is 3.48. The molecule has 0 aliphatic carbocycles. The second kappa shape index (κ2) is 4.72. The van der Waals surface area contributed by atoms with E-state index in [4.69, 9.17) is 20.2 Å². The highest BCUT2D eigenvalue weighted by Crippen LogP contribution is 2.51. The van der Waals surface area contributed by atoms with Crippen LogP contribution in [0, 0.1) is 0 Å². The molecule has 2 aliphatic rings. The SMILES string of the molecule is NC1=NC2(COC1)c1cc(O)ccc1Oc1ccc(Br)cc12. The van der Waals surface area contributed by atoms with E-state index in [0.717, 1.165) is 15.6 Å². The Morgan fingerprint density at radius 3 is 2.64 bits per heavy atom. The van der Waals surface area contributed by atoms with Crippen molar-refractivity contribution >= 4 is 21.8 Å². The van der Waals surface area contributed by atoms with Crippen molar-refractivity contribution in [3.63, 3.8) is 0 Å². The number of benzene rings is 2. The fraction of sp³-hybridized carbons (Fsp3) is 0.188. The molecule has 4 rings (SSSR count). The molecule has 2 aromatic carbocycles. The zero-order valence-corrected chi connectivity index (χ0v) is 13.1. The number of halogens is 1. The van der Waals surface area contributed by atoms with E-state index in [0.29, 0.717) is 30.5 Å². The van der Waals surface area contributed by atoms with Crippen LogP contribution in [0.2, 0.25) is 0 Å². The minimum Gasteiger partial charge on any atom is -0.508 e. The highest BCUT2D eigenvalue weighted by atomic mass is 79.9. The summed E-state index contributed by atoms with van der Waals surface area (Å²) in [6.07, 6.45) is 0. The van der Waals surface area contributed by atoms with Crippen LogP contribution in [-0.2, 0) is 10.3 Å². The lowest BCUT2D eigenvalue weighted by Gasteiger charge is -2.39. The van der Waals surface area contributed by atoms with Crippen LogP contribution in [0.5, 0.6) is 17.2 Å². The average molecular weight is 361 g/mol. The molecule has 1 atom stereocenters. The van der Waals surface area contributed by atoms with E-state index in [1.54, 1.807) is 18.2 Å². The quantitative estimate of drug-likeness (QED) is 0.757. The van der Waals surface area contributed by atoms with Gasteiger partial charge < -0.3 is 20.3 Å². The molecule has 2 heterocycles. The maximum absolute atomic E-state index is 9.89. The second-order valence-electron chi connectivity index (χ2n) is 5.38. The maximum atomic E-state index is 9.89. The first-order chi connectivity index (χ1) is 10.6. The summed E-state index contributed by atoms with van der Waals surface area (Å²) in [5, 5.41) is 9.89. The summed E-state index contributed by atoms with van der Waals surface area (Å²) in [5.41, 5.74) is 6.76. The molecule has 0 bridgehead atoms. The van der Waals surface area contributed by atoms with Crippen LogP contribution in [0.4, 0.5) is 0 Å². The first kappa shape index (κ1) is 13.6. The molecular formula is C16H13BrN2O3. The number of fused-ring (bicyclic) bond motifs is 4. The molecule has 0 saturated carbocycles. The van der Waals surface area contributed by atoms with Gasteiger partial charge in [0.2, 0.25) is 0 Å². The third kappa shape index (κ3) is 1.91. The van der Waals surface area contributed by atoms with Crippen molar-refractivity contribution in [2.24, 2.45) is 10.7 Å². The van der Waals surface area contributed by atoms with E-state index in [9.17, 15) is 5.11 Å². The van der Waals surface area contributed by atoms with Crippen molar-refractivity contribution in [1.29, 1.82) is 0 Å². The zero-order chi connectivity index (χ0) is 15.3. The predicted molar refractivity (Wildman–Crippen MR) is 85.5 cm³/mol. The molecule has 5 nitrogen and oxygen atoms in total. The van der Waals surface area contributed by atoms with Crippen molar-refractivity contribution in [3.8, 4) is 17.2 Å². The monoisotopic (exact) mass is 360 g/mol. The Morgan fingerprint density at radius 2 is 1.86 bits per heavy atom. The van der Waals surface area contributed by atoms with E-state index in [2.05, 4.69) is 15.9 Å². The Kier molecular flexibility index (Phi) is 2.92. The fourth-order valence-electron chi connectivity index (χ4n) is 3.00. The standard InChI is InChI=1S/C16H13BrN2O3/c17-9-1-3-13-11(5-9)16(8-21-7-15(18)19-16)12-6-10(20)2-4-14(12)22-13/h1-6,20H,7-8H2,(H2,18,19). The number of phenols is 1. The van der Waals surface area contributed by atoms with Crippen LogP contribution in [0.1, 0.15) is 11.1 Å².